The lowest BCUT2D eigenvalue weighted by atomic mass is 9.79. The van der Waals surface area contributed by atoms with Crippen molar-refractivity contribution in [2.24, 2.45) is 5.41 Å². The highest BCUT2D eigenvalue weighted by Gasteiger charge is 2.33. The maximum Gasteiger partial charge on any atom is 0.0615 e. The molecule has 19 heavy (non-hydrogen) atoms. The normalized spacial score (nSPS) is 21.3. The van der Waals surface area contributed by atoms with E-state index in [0.29, 0.717) is 11.5 Å². The number of nitrogens with one attached hydrogen (secondary N) is 1. The molecule has 1 atom stereocenters. The van der Waals surface area contributed by atoms with E-state index in [-0.39, 0.29) is 0 Å². The molecule has 0 radical (unpaired) electrons. The lowest BCUT2D eigenvalue weighted by molar-refractivity contribution is 0.0591. The molecule has 0 amide bonds. The molecule has 1 aliphatic rings. The van der Waals surface area contributed by atoms with Crippen LogP contribution in [0.2, 0.25) is 0 Å². The average molecular weight is 270 g/mol. The smallest absolute Gasteiger partial charge is 0.0615 e. The van der Waals surface area contributed by atoms with Gasteiger partial charge in [0, 0.05) is 26.2 Å². The van der Waals surface area contributed by atoms with Gasteiger partial charge in [-0.15, -0.1) is 0 Å². The Balaban J connectivity index is 2.68. The number of nitrogens with zero attached hydrogens (tertiary/aromatic N) is 1. The summed E-state index contributed by atoms with van der Waals surface area (Å²) in [6.07, 6.45) is 8.40. The molecule has 0 aromatic rings. The van der Waals surface area contributed by atoms with Crippen molar-refractivity contribution in [2.75, 3.05) is 40.4 Å². The van der Waals surface area contributed by atoms with Gasteiger partial charge in [-0.3, -0.25) is 4.90 Å². The molecule has 0 saturated heterocycles. The lowest BCUT2D eigenvalue weighted by Crippen LogP contribution is -2.47. The van der Waals surface area contributed by atoms with Gasteiger partial charge in [0.1, 0.15) is 0 Å². The molecular formula is C16H34N2O. The van der Waals surface area contributed by atoms with Crippen LogP contribution >= 0.6 is 0 Å². The van der Waals surface area contributed by atoms with Crippen molar-refractivity contribution >= 4 is 0 Å². The predicted molar refractivity (Wildman–Crippen MR) is 82.6 cm³/mol. The van der Waals surface area contributed by atoms with Crippen LogP contribution in [0.15, 0.2) is 0 Å². The summed E-state index contributed by atoms with van der Waals surface area (Å²) in [5.41, 5.74) is 0.475. The fourth-order valence-electron chi connectivity index (χ4n) is 3.60. The van der Waals surface area contributed by atoms with E-state index in [0.717, 1.165) is 19.7 Å². The summed E-state index contributed by atoms with van der Waals surface area (Å²) in [6, 6.07) is 0.520. The Hall–Kier alpha value is -0.120. The van der Waals surface area contributed by atoms with Gasteiger partial charge in [0.15, 0.2) is 0 Å². The van der Waals surface area contributed by atoms with Gasteiger partial charge in [0.05, 0.1) is 6.61 Å². The summed E-state index contributed by atoms with van der Waals surface area (Å²) < 4.78 is 5.34. The molecule has 0 spiro atoms. The van der Waals surface area contributed by atoms with E-state index in [1.165, 1.54) is 45.1 Å². The zero-order chi connectivity index (χ0) is 14.1. The van der Waals surface area contributed by atoms with Crippen molar-refractivity contribution in [3.63, 3.8) is 0 Å². The van der Waals surface area contributed by atoms with Gasteiger partial charge < -0.3 is 10.1 Å². The van der Waals surface area contributed by atoms with Gasteiger partial charge in [0.2, 0.25) is 0 Å². The molecule has 3 nitrogen and oxygen atoms in total. The SMILES string of the molecule is CCN(CC1(CNC)CCCCCC1)C(C)COC. The molecule has 1 saturated carbocycles. The van der Waals surface area contributed by atoms with Crippen LogP contribution < -0.4 is 5.32 Å². The van der Waals surface area contributed by atoms with Gasteiger partial charge in [0.25, 0.3) is 0 Å². The molecule has 1 unspecified atom stereocenters. The first-order valence-electron chi connectivity index (χ1n) is 8.05. The molecular weight excluding hydrogens is 236 g/mol. The molecule has 1 fully saturated rings. The summed E-state index contributed by atoms with van der Waals surface area (Å²) >= 11 is 0. The summed E-state index contributed by atoms with van der Waals surface area (Å²) in [7, 11) is 3.90. The maximum atomic E-state index is 5.34. The Morgan fingerprint density at radius 1 is 1.21 bits per heavy atom. The van der Waals surface area contributed by atoms with E-state index in [9.17, 15) is 0 Å². The third-order valence-corrected chi connectivity index (χ3v) is 4.69. The molecule has 3 heteroatoms. The number of ether oxygens (including phenoxy) is 1. The first-order valence-corrected chi connectivity index (χ1v) is 8.05. The van der Waals surface area contributed by atoms with Gasteiger partial charge in [-0.25, -0.2) is 0 Å². The Morgan fingerprint density at radius 3 is 2.32 bits per heavy atom. The van der Waals surface area contributed by atoms with Gasteiger partial charge >= 0.3 is 0 Å². The second kappa shape index (κ2) is 8.93. The van der Waals surface area contributed by atoms with Crippen LogP contribution in [0.25, 0.3) is 0 Å². The molecule has 0 bridgehead atoms. The molecule has 1 rings (SSSR count). The van der Waals surface area contributed by atoms with Gasteiger partial charge in [-0.05, 0) is 38.8 Å². The fourth-order valence-corrected chi connectivity index (χ4v) is 3.60. The van der Waals surface area contributed by atoms with Gasteiger partial charge in [-0.2, -0.15) is 0 Å². The highest BCUT2D eigenvalue weighted by atomic mass is 16.5. The third-order valence-electron chi connectivity index (χ3n) is 4.69. The summed E-state index contributed by atoms with van der Waals surface area (Å²) in [4.78, 5) is 2.60. The molecule has 0 aromatic carbocycles. The summed E-state index contributed by atoms with van der Waals surface area (Å²) in [5.74, 6) is 0. The van der Waals surface area contributed by atoms with Crippen molar-refractivity contribution < 1.29 is 4.74 Å². The number of hydrogen-bond acceptors (Lipinski definition) is 3. The molecule has 114 valence electrons. The molecule has 1 aliphatic carbocycles. The van der Waals surface area contributed by atoms with E-state index in [4.69, 9.17) is 4.74 Å². The zero-order valence-electron chi connectivity index (χ0n) is 13.5. The first-order chi connectivity index (χ1) is 9.17. The van der Waals surface area contributed by atoms with E-state index < -0.39 is 0 Å². The van der Waals surface area contributed by atoms with Crippen molar-refractivity contribution in [3.05, 3.63) is 0 Å². The molecule has 0 heterocycles. The highest BCUT2D eigenvalue weighted by molar-refractivity contribution is 4.87. The minimum atomic E-state index is 0.475. The number of hydrogen-bond donors (Lipinski definition) is 1. The van der Waals surface area contributed by atoms with Crippen molar-refractivity contribution in [1.29, 1.82) is 0 Å². The first kappa shape index (κ1) is 16.9. The Kier molecular flexibility index (Phi) is 7.96. The minimum absolute atomic E-state index is 0.475. The van der Waals surface area contributed by atoms with E-state index in [2.05, 4.69) is 31.1 Å². The van der Waals surface area contributed by atoms with E-state index in [1.54, 1.807) is 7.11 Å². The summed E-state index contributed by atoms with van der Waals surface area (Å²) in [6.45, 7) is 8.89. The molecule has 0 aromatic heterocycles. The Morgan fingerprint density at radius 2 is 1.84 bits per heavy atom. The topological polar surface area (TPSA) is 24.5 Å². The number of rotatable bonds is 8. The van der Waals surface area contributed by atoms with Crippen LogP contribution in [0.5, 0.6) is 0 Å². The second-order valence-electron chi connectivity index (χ2n) is 6.31. The second-order valence-corrected chi connectivity index (χ2v) is 6.31. The third kappa shape index (κ3) is 5.41. The molecule has 1 N–H and O–H groups in total. The molecule has 0 aliphatic heterocycles. The predicted octanol–water partition coefficient (Wildman–Crippen LogP) is 2.90. The van der Waals surface area contributed by atoms with E-state index in [1.807, 2.05) is 0 Å². The minimum Gasteiger partial charge on any atom is -0.383 e. The number of likely N-dealkylation sites (N-methyl/N-ethyl adjacent to an activating group) is 1. The highest BCUT2D eigenvalue weighted by Crippen LogP contribution is 2.35. The van der Waals surface area contributed by atoms with Crippen LogP contribution in [0.3, 0.4) is 0 Å². The number of methoxy groups -OCH3 is 1. The van der Waals surface area contributed by atoms with Crippen molar-refractivity contribution in [3.8, 4) is 0 Å². The average Bonchev–Trinajstić information content (AvgIpc) is 2.63. The van der Waals surface area contributed by atoms with Crippen LogP contribution in [0, 0.1) is 5.41 Å². The monoisotopic (exact) mass is 270 g/mol. The largest absolute Gasteiger partial charge is 0.383 e. The Labute approximate surface area is 120 Å². The Bertz CT molecular complexity index is 225. The van der Waals surface area contributed by atoms with Crippen LogP contribution in [0.4, 0.5) is 0 Å². The van der Waals surface area contributed by atoms with Crippen molar-refractivity contribution in [1.82, 2.24) is 10.2 Å². The quantitative estimate of drug-likeness (QED) is 0.686. The van der Waals surface area contributed by atoms with E-state index >= 15 is 0 Å². The van der Waals surface area contributed by atoms with Crippen LogP contribution in [-0.4, -0.2) is 51.3 Å². The standard InChI is InChI=1S/C16H34N2O/c1-5-18(15(2)12-19-4)14-16(13-17-3)10-8-6-7-9-11-16/h15,17H,5-14H2,1-4H3. The summed E-state index contributed by atoms with van der Waals surface area (Å²) in [5, 5.41) is 3.45. The van der Waals surface area contributed by atoms with Crippen LogP contribution in [-0.2, 0) is 4.74 Å². The maximum absolute atomic E-state index is 5.34. The lowest BCUT2D eigenvalue weighted by Gasteiger charge is -2.40. The van der Waals surface area contributed by atoms with Crippen molar-refractivity contribution in [2.45, 2.75) is 58.4 Å². The fraction of sp³-hybridized carbons (Fsp3) is 1.00. The zero-order valence-corrected chi connectivity index (χ0v) is 13.5. The van der Waals surface area contributed by atoms with Gasteiger partial charge in [-0.1, -0.05) is 32.6 Å². The van der Waals surface area contributed by atoms with Crippen LogP contribution in [0.1, 0.15) is 52.4 Å².